The zero-order valence-electron chi connectivity index (χ0n) is 12.1. The highest BCUT2D eigenvalue weighted by molar-refractivity contribution is 6.31. The van der Waals surface area contributed by atoms with Gasteiger partial charge in [0.2, 0.25) is 0 Å². The van der Waals surface area contributed by atoms with Crippen LogP contribution in [0.3, 0.4) is 0 Å². The molecule has 1 aromatic carbocycles. The fourth-order valence-electron chi connectivity index (χ4n) is 1.89. The third-order valence-corrected chi connectivity index (χ3v) is 3.29. The summed E-state index contributed by atoms with van der Waals surface area (Å²) in [6.45, 7) is 0. The molecule has 0 aliphatic carbocycles. The van der Waals surface area contributed by atoms with Gasteiger partial charge in [0.15, 0.2) is 0 Å². The van der Waals surface area contributed by atoms with E-state index < -0.39 is 5.91 Å². The van der Waals surface area contributed by atoms with Crippen molar-refractivity contribution in [3.8, 4) is 11.8 Å². The summed E-state index contributed by atoms with van der Waals surface area (Å²) in [6.07, 6.45) is 3.35. The second-order valence-electron chi connectivity index (χ2n) is 4.51. The lowest BCUT2D eigenvalue weighted by Gasteiger charge is -2.10. The van der Waals surface area contributed by atoms with Gasteiger partial charge in [-0.15, -0.1) is 0 Å². The predicted octanol–water partition coefficient (Wildman–Crippen LogP) is 3.23. The molecule has 5 nitrogen and oxygen atoms in total. The molecule has 0 atom stereocenters. The van der Waals surface area contributed by atoms with Crippen LogP contribution in [0.5, 0.6) is 5.75 Å². The van der Waals surface area contributed by atoms with E-state index in [-0.39, 0.29) is 5.57 Å². The minimum atomic E-state index is -0.524. The maximum absolute atomic E-state index is 12.3. The molecular weight excluding hydrogens is 302 g/mol. The molecule has 1 heterocycles. The molecule has 0 bridgehead atoms. The van der Waals surface area contributed by atoms with Crippen LogP contribution in [-0.2, 0) is 11.8 Å². The monoisotopic (exact) mass is 315 g/mol. The van der Waals surface area contributed by atoms with Crippen LogP contribution in [-0.4, -0.2) is 17.6 Å². The summed E-state index contributed by atoms with van der Waals surface area (Å²) >= 11 is 5.92. The number of hydrogen-bond acceptors (Lipinski definition) is 3. The van der Waals surface area contributed by atoms with E-state index in [0.29, 0.717) is 16.5 Å². The van der Waals surface area contributed by atoms with Gasteiger partial charge in [-0.25, -0.2) is 0 Å². The molecule has 1 amide bonds. The summed E-state index contributed by atoms with van der Waals surface area (Å²) in [5.41, 5.74) is 1.15. The third-order valence-electron chi connectivity index (χ3n) is 3.05. The minimum absolute atomic E-state index is 0.0103. The number of nitrogens with one attached hydrogen (secondary N) is 1. The van der Waals surface area contributed by atoms with Crippen molar-refractivity contribution in [1.29, 1.82) is 5.26 Å². The van der Waals surface area contributed by atoms with Gasteiger partial charge in [0.05, 0.1) is 12.8 Å². The number of anilines is 1. The molecule has 0 aliphatic heterocycles. The van der Waals surface area contributed by atoms with Crippen molar-refractivity contribution in [3.05, 3.63) is 52.8 Å². The zero-order valence-corrected chi connectivity index (χ0v) is 12.9. The lowest BCUT2D eigenvalue weighted by Crippen LogP contribution is -2.14. The van der Waals surface area contributed by atoms with E-state index in [1.807, 2.05) is 36.0 Å². The Bertz CT molecular complexity index is 772. The number of nitrogens with zero attached hydrogens (tertiary/aromatic N) is 2. The maximum atomic E-state index is 12.3. The lowest BCUT2D eigenvalue weighted by molar-refractivity contribution is -0.112. The number of carbonyl (C=O) groups is 1. The van der Waals surface area contributed by atoms with Crippen molar-refractivity contribution in [1.82, 2.24) is 4.57 Å². The van der Waals surface area contributed by atoms with Crippen LogP contribution in [0.15, 0.2) is 42.1 Å². The van der Waals surface area contributed by atoms with E-state index in [2.05, 4.69) is 5.32 Å². The van der Waals surface area contributed by atoms with Gasteiger partial charge in [-0.2, -0.15) is 5.26 Å². The minimum Gasteiger partial charge on any atom is -0.495 e. The number of aromatic nitrogens is 1. The van der Waals surface area contributed by atoms with Crippen molar-refractivity contribution in [2.75, 3.05) is 12.4 Å². The van der Waals surface area contributed by atoms with E-state index in [4.69, 9.17) is 16.3 Å². The number of methoxy groups -OCH3 is 1. The van der Waals surface area contributed by atoms with Gasteiger partial charge < -0.3 is 14.6 Å². The van der Waals surface area contributed by atoms with Crippen LogP contribution in [0.2, 0.25) is 5.02 Å². The van der Waals surface area contributed by atoms with Crippen LogP contribution < -0.4 is 10.1 Å². The van der Waals surface area contributed by atoms with Gasteiger partial charge >= 0.3 is 0 Å². The molecule has 112 valence electrons. The molecule has 6 heteroatoms. The summed E-state index contributed by atoms with van der Waals surface area (Å²) in [4.78, 5) is 12.3. The Labute approximate surface area is 133 Å². The Morgan fingerprint density at radius 1 is 1.45 bits per heavy atom. The first kappa shape index (κ1) is 15.7. The van der Waals surface area contributed by atoms with Crippen LogP contribution in [0.1, 0.15) is 5.69 Å². The SMILES string of the molecule is COc1ccc(Cl)cc1NC(=O)C(C#N)=Cc1cccn1C. The molecular formula is C16H14ClN3O2. The number of rotatable bonds is 4. The topological polar surface area (TPSA) is 67.0 Å². The Kier molecular flexibility index (Phi) is 4.87. The van der Waals surface area contributed by atoms with Gasteiger partial charge in [0.25, 0.3) is 5.91 Å². The molecule has 22 heavy (non-hydrogen) atoms. The molecule has 0 aliphatic rings. The molecule has 0 saturated carbocycles. The van der Waals surface area contributed by atoms with E-state index in [1.165, 1.54) is 13.2 Å². The standard InChI is InChI=1S/C16H14ClN3O2/c1-20-7-3-4-13(20)8-11(10-18)16(21)19-14-9-12(17)5-6-15(14)22-2/h3-9H,1-2H3,(H,19,21). The molecule has 0 radical (unpaired) electrons. The molecule has 0 fully saturated rings. The van der Waals surface area contributed by atoms with E-state index >= 15 is 0 Å². The molecule has 1 N–H and O–H groups in total. The average Bonchev–Trinajstić information content (AvgIpc) is 2.90. The summed E-state index contributed by atoms with van der Waals surface area (Å²) in [5.74, 6) is -0.0572. The van der Waals surface area contributed by atoms with Gasteiger partial charge in [-0.05, 0) is 36.4 Å². The second-order valence-corrected chi connectivity index (χ2v) is 4.95. The molecule has 0 spiro atoms. The van der Waals surface area contributed by atoms with E-state index in [0.717, 1.165) is 5.69 Å². The van der Waals surface area contributed by atoms with Crippen LogP contribution in [0, 0.1) is 11.3 Å². The Morgan fingerprint density at radius 3 is 2.82 bits per heavy atom. The number of hydrogen-bond donors (Lipinski definition) is 1. The quantitative estimate of drug-likeness (QED) is 0.695. The normalized spacial score (nSPS) is 10.9. The highest BCUT2D eigenvalue weighted by Crippen LogP contribution is 2.28. The van der Waals surface area contributed by atoms with Gasteiger partial charge in [0, 0.05) is 24.0 Å². The van der Waals surface area contributed by atoms with E-state index in [1.54, 1.807) is 18.2 Å². The van der Waals surface area contributed by atoms with Crippen LogP contribution in [0.25, 0.3) is 6.08 Å². The molecule has 2 rings (SSSR count). The lowest BCUT2D eigenvalue weighted by atomic mass is 10.2. The van der Waals surface area contributed by atoms with Gasteiger partial charge in [0.1, 0.15) is 17.4 Å². The predicted molar refractivity (Wildman–Crippen MR) is 85.6 cm³/mol. The summed E-state index contributed by atoms with van der Waals surface area (Å²) in [5, 5.41) is 12.3. The highest BCUT2D eigenvalue weighted by Gasteiger charge is 2.13. The molecule has 2 aromatic rings. The summed E-state index contributed by atoms with van der Waals surface area (Å²) < 4.78 is 6.97. The van der Waals surface area contributed by atoms with Gasteiger partial charge in [-0.3, -0.25) is 4.79 Å². The Balaban J connectivity index is 2.28. The van der Waals surface area contributed by atoms with Crippen molar-refractivity contribution in [2.24, 2.45) is 7.05 Å². The maximum Gasteiger partial charge on any atom is 0.266 e. The highest BCUT2D eigenvalue weighted by atomic mass is 35.5. The Morgan fingerprint density at radius 2 is 2.23 bits per heavy atom. The number of nitriles is 1. The van der Waals surface area contributed by atoms with Crippen LogP contribution >= 0.6 is 11.6 Å². The molecule has 0 unspecified atom stereocenters. The van der Waals surface area contributed by atoms with Gasteiger partial charge in [-0.1, -0.05) is 11.6 Å². The summed E-state index contributed by atoms with van der Waals surface area (Å²) in [6, 6.07) is 10.4. The average molecular weight is 316 g/mol. The van der Waals surface area contributed by atoms with Crippen molar-refractivity contribution < 1.29 is 9.53 Å². The molecule has 1 aromatic heterocycles. The smallest absolute Gasteiger partial charge is 0.266 e. The summed E-state index contributed by atoms with van der Waals surface area (Å²) in [7, 11) is 3.32. The Hall–Kier alpha value is -2.71. The fraction of sp³-hybridized carbons (Fsp3) is 0.125. The number of halogens is 1. The third kappa shape index (κ3) is 3.48. The first-order valence-electron chi connectivity index (χ1n) is 6.43. The fourth-order valence-corrected chi connectivity index (χ4v) is 2.06. The van der Waals surface area contributed by atoms with Crippen molar-refractivity contribution in [3.63, 3.8) is 0 Å². The zero-order chi connectivity index (χ0) is 16.1. The number of amides is 1. The molecule has 0 saturated heterocycles. The number of aryl methyl sites for hydroxylation is 1. The van der Waals surface area contributed by atoms with Crippen molar-refractivity contribution in [2.45, 2.75) is 0 Å². The first-order valence-corrected chi connectivity index (χ1v) is 6.81. The van der Waals surface area contributed by atoms with Crippen LogP contribution in [0.4, 0.5) is 5.69 Å². The number of benzene rings is 1. The van der Waals surface area contributed by atoms with Crippen molar-refractivity contribution >= 4 is 29.3 Å². The largest absolute Gasteiger partial charge is 0.495 e. The van der Waals surface area contributed by atoms with E-state index in [9.17, 15) is 10.1 Å². The second kappa shape index (κ2) is 6.83. The number of ether oxygens (including phenoxy) is 1. The first-order chi connectivity index (χ1) is 10.5. The number of carbonyl (C=O) groups excluding carboxylic acids is 1.